The normalized spacial score (nSPS) is 21.1. The summed E-state index contributed by atoms with van der Waals surface area (Å²) >= 11 is 0. The van der Waals surface area contributed by atoms with Gasteiger partial charge in [0.05, 0.1) is 12.6 Å². The fraction of sp³-hybridized carbons (Fsp3) is 0.533. The number of ether oxygens (including phenoxy) is 1. The first-order chi connectivity index (χ1) is 9.24. The molecule has 0 aliphatic carbocycles. The number of fused-ring (bicyclic) bond motifs is 1. The molecule has 2 unspecified atom stereocenters. The van der Waals surface area contributed by atoms with Crippen molar-refractivity contribution in [2.45, 2.75) is 44.9 Å². The van der Waals surface area contributed by atoms with Gasteiger partial charge in [0.15, 0.2) is 0 Å². The van der Waals surface area contributed by atoms with Crippen molar-refractivity contribution in [1.29, 1.82) is 0 Å². The van der Waals surface area contributed by atoms with E-state index in [0.29, 0.717) is 6.10 Å². The molecule has 19 heavy (non-hydrogen) atoms. The van der Waals surface area contributed by atoms with Crippen LogP contribution in [-0.4, -0.2) is 28.3 Å². The smallest absolute Gasteiger partial charge is 0.140 e. The molecule has 0 radical (unpaired) electrons. The van der Waals surface area contributed by atoms with Crippen LogP contribution in [0.1, 0.15) is 25.3 Å². The van der Waals surface area contributed by atoms with Crippen molar-refractivity contribution in [3.8, 4) is 0 Å². The van der Waals surface area contributed by atoms with Gasteiger partial charge in [0.1, 0.15) is 5.65 Å². The van der Waals surface area contributed by atoms with Gasteiger partial charge in [0, 0.05) is 30.4 Å². The van der Waals surface area contributed by atoms with Crippen LogP contribution in [0.4, 0.5) is 0 Å². The number of hydrogen-bond acceptors (Lipinski definition) is 3. The zero-order valence-electron chi connectivity index (χ0n) is 11.4. The van der Waals surface area contributed by atoms with Crippen LogP contribution in [0.25, 0.3) is 11.0 Å². The summed E-state index contributed by atoms with van der Waals surface area (Å²) in [6.45, 7) is 3.83. The Hall–Kier alpha value is -1.39. The summed E-state index contributed by atoms with van der Waals surface area (Å²) in [4.78, 5) is 4.52. The van der Waals surface area contributed by atoms with Gasteiger partial charge in [0.2, 0.25) is 0 Å². The lowest BCUT2D eigenvalue weighted by molar-refractivity contribution is 0.0979. The Kier molecular flexibility index (Phi) is 3.53. The summed E-state index contributed by atoms with van der Waals surface area (Å²) in [7, 11) is 0. The molecule has 1 aliphatic rings. The minimum atomic E-state index is 0.169. The standard InChI is InChI=1S/C15H21N3O/c1-11(16)8-12-9-18(10-13-4-3-7-19-13)15-14(12)5-2-6-17-15/h2,5-6,9,11,13H,3-4,7-8,10,16H2,1H3. The van der Waals surface area contributed by atoms with Crippen LogP contribution in [-0.2, 0) is 17.7 Å². The van der Waals surface area contributed by atoms with Crippen LogP contribution in [0.5, 0.6) is 0 Å². The molecule has 2 aromatic rings. The largest absolute Gasteiger partial charge is 0.376 e. The maximum absolute atomic E-state index is 5.93. The molecule has 0 amide bonds. The van der Waals surface area contributed by atoms with Crippen LogP contribution in [0.2, 0.25) is 0 Å². The topological polar surface area (TPSA) is 53.1 Å². The third-order valence-electron chi connectivity index (χ3n) is 3.68. The molecule has 2 aromatic heterocycles. The Labute approximate surface area is 113 Å². The third kappa shape index (κ3) is 2.65. The molecule has 0 spiro atoms. The molecule has 4 nitrogen and oxygen atoms in total. The third-order valence-corrected chi connectivity index (χ3v) is 3.68. The van der Waals surface area contributed by atoms with Crippen LogP contribution >= 0.6 is 0 Å². The zero-order chi connectivity index (χ0) is 13.2. The summed E-state index contributed by atoms with van der Waals surface area (Å²) in [5.74, 6) is 0. The lowest BCUT2D eigenvalue weighted by atomic mass is 10.1. The molecule has 4 heteroatoms. The zero-order valence-corrected chi connectivity index (χ0v) is 11.4. The predicted octanol–water partition coefficient (Wildman–Crippen LogP) is 2.10. The molecule has 102 valence electrons. The van der Waals surface area contributed by atoms with Crippen molar-refractivity contribution in [2.24, 2.45) is 5.73 Å². The van der Waals surface area contributed by atoms with E-state index in [4.69, 9.17) is 10.5 Å². The highest BCUT2D eigenvalue weighted by molar-refractivity contribution is 5.80. The van der Waals surface area contributed by atoms with Gasteiger partial charge in [-0.05, 0) is 43.9 Å². The average molecular weight is 259 g/mol. The molecular weight excluding hydrogens is 238 g/mol. The Bertz CT molecular complexity index is 556. The van der Waals surface area contributed by atoms with Gasteiger partial charge in [-0.2, -0.15) is 0 Å². The molecule has 0 aromatic carbocycles. The van der Waals surface area contributed by atoms with E-state index in [1.807, 2.05) is 19.2 Å². The van der Waals surface area contributed by atoms with E-state index in [9.17, 15) is 0 Å². The van der Waals surface area contributed by atoms with Crippen molar-refractivity contribution in [2.75, 3.05) is 6.61 Å². The Morgan fingerprint density at radius 3 is 3.21 bits per heavy atom. The maximum atomic E-state index is 5.93. The van der Waals surface area contributed by atoms with Crippen LogP contribution < -0.4 is 5.73 Å². The van der Waals surface area contributed by atoms with Crippen molar-refractivity contribution in [3.05, 3.63) is 30.1 Å². The molecule has 3 rings (SSSR count). The van der Waals surface area contributed by atoms with E-state index in [1.54, 1.807) is 0 Å². The summed E-state index contributed by atoms with van der Waals surface area (Å²) < 4.78 is 7.95. The highest BCUT2D eigenvalue weighted by Crippen LogP contribution is 2.23. The van der Waals surface area contributed by atoms with Crippen LogP contribution in [0, 0.1) is 0 Å². The second-order valence-electron chi connectivity index (χ2n) is 5.50. The van der Waals surface area contributed by atoms with E-state index < -0.39 is 0 Å². The van der Waals surface area contributed by atoms with Gasteiger partial charge in [0.25, 0.3) is 0 Å². The van der Waals surface area contributed by atoms with Crippen molar-refractivity contribution < 1.29 is 4.74 Å². The second-order valence-corrected chi connectivity index (χ2v) is 5.50. The first kappa shape index (κ1) is 12.6. The first-order valence-electron chi connectivity index (χ1n) is 7.04. The molecule has 1 aliphatic heterocycles. The van der Waals surface area contributed by atoms with Gasteiger partial charge >= 0.3 is 0 Å². The number of nitrogens with zero attached hydrogens (tertiary/aromatic N) is 2. The number of hydrogen-bond donors (Lipinski definition) is 1. The molecule has 0 saturated carbocycles. The number of rotatable bonds is 4. The first-order valence-corrected chi connectivity index (χ1v) is 7.04. The molecule has 3 heterocycles. The van der Waals surface area contributed by atoms with Crippen LogP contribution in [0.15, 0.2) is 24.5 Å². The van der Waals surface area contributed by atoms with Gasteiger partial charge in [-0.3, -0.25) is 0 Å². The number of aromatic nitrogens is 2. The van der Waals surface area contributed by atoms with E-state index >= 15 is 0 Å². The number of pyridine rings is 1. The van der Waals surface area contributed by atoms with Crippen molar-refractivity contribution in [3.63, 3.8) is 0 Å². The molecule has 1 fully saturated rings. The predicted molar refractivity (Wildman–Crippen MR) is 76.1 cm³/mol. The second kappa shape index (κ2) is 5.31. The Morgan fingerprint density at radius 2 is 2.47 bits per heavy atom. The Balaban J connectivity index is 1.94. The minimum absolute atomic E-state index is 0.169. The van der Waals surface area contributed by atoms with E-state index in [1.165, 1.54) is 17.4 Å². The van der Waals surface area contributed by atoms with Gasteiger partial charge < -0.3 is 15.0 Å². The van der Waals surface area contributed by atoms with Gasteiger partial charge in [-0.25, -0.2) is 4.98 Å². The molecule has 2 N–H and O–H groups in total. The molecular formula is C15H21N3O. The van der Waals surface area contributed by atoms with E-state index in [0.717, 1.165) is 31.6 Å². The monoisotopic (exact) mass is 259 g/mol. The van der Waals surface area contributed by atoms with E-state index in [-0.39, 0.29) is 6.04 Å². The van der Waals surface area contributed by atoms with Gasteiger partial charge in [-0.1, -0.05) is 0 Å². The fourth-order valence-electron chi connectivity index (χ4n) is 2.85. The van der Waals surface area contributed by atoms with Crippen molar-refractivity contribution >= 4 is 11.0 Å². The maximum Gasteiger partial charge on any atom is 0.140 e. The van der Waals surface area contributed by atoms with E-state index in [2.05, 4.69) is 21.8 Å². The van der Waals surface area contributed by atoms with Gasteiger partial charge in [-0.15, -0.1) is 0 Å². The quantitative estimate of drug-likeness (QED) is 0.915. The molecule has 2 atom stereocenters. The lowest BCUT2D eigenvalue weighted by Crippen LogP contribution is -2.17. The lowest BCUT2D eigenvalue weighted by Gasteiger charge is -2.10. The highest BCUT2D eigenvalue weighted by Gasteiger charge is 2.18. The van der Waals surface area contributed by atoms with Crippen LogP contribution in [0.3, 0.4) is 0 Å². The summed E-state index contributed by atoms with van der Waals surface area (Å²) in [5.41, 5.74) is 8.27. The summed E-state index contributed by atoms with van der Waals surface area (Å²) in [5, 5.41) is 1.22. The molecule has 0 bridgehead atoms. The highest BCUT2D eigenvalue weighted by atomic mass is 16.5. The van der Waals surface area contributed by atoms with Crippen molar-refractivity contribution in [1.82, 2.24) is 9.55 Å². The SMILES string of the molecule is CC(N)Cc1cn(CC2CCCO2)c2ncccc12. The summed E-state index contributed by atoms with van der Waals surface area (Å²) in [6.07, 6.45) is 7.59. The minimum Gasteiger partial charge on any atom is -0.376 e. The number of nitrogens with two attached hydrogens (primary N) is 1. The molecule has 1 saturated heterocycles. The fourth-order valence-corrected chi connectivity index (χ4v) is 2.85. The average Bonchev–Trinajstić information content (AvgIpc) is 2.99. The summed E-state index contributed by atoms with van der Waals surface area (Å²) in [6, 6.07) is 4.29. The Morgan fingerprint density at radius 1 is 1.58 bits per heavy atom.